The predicted octanol–water partition coefficient (Wildman–Crippen LogP) is 1.21. The number of nitrogens with zero attached hydrogens (tertiary/aromatic N) is 6. The minimum atomic E-state index is 0.638. The van der Waals surface area contributed by atoms with Gasteiger partial charge in [0.25, 0.3) is 0 Å². The van der Waals surface area contributed by atoms with Crippen LogP contribution in [0.25, 0.3) is 16.5 Å². The summed E-state index contributed by atoms with van der Waals surface area (Å²) in [6, 6.07) is 0. The molecule has 0 radical (unpaired) electrons. The van der Waals surface area contributed by atoms with Gasteiger partial charge in [0.1, 0.15) is 10.7 Å². The highest BCUT2D eigenvalue weighted by Crippen LogP contribution is 2.19. The van der Waals surface area contributed by atoms with Crippen LogP contribution in [0.1, 0.15) is 11.9 Å². The summed E-state index contributed by atoms with van der Waals surface area (Å²) in [6.07, 6.45) is 5.80. The van der Waals surface area contributed by atoms with Crippen LogP contribution < -0.4 is 0 Å². The maximum atomic E-state index is 4.41. The number of hydrogen-bond donors (Lipinski definition) is 0. The lowest BCUT2D eigenvalue weighted by Crippen LogP contribution is -1.94. The molecule has 0 aliphatic carbocycles. The molecule has 0 amide bonds. The fourth-order valence-electron chi connectivity index (χ4n) is 1.37. The second kappa shape index (κ2) is 3.60. The van der Waals surface area contributed by atoms with Gasteiger partial charge in [-0.25, -0.2) is 4.98 Å². The average molecular weight is 232 g/mol. The molecule has 0 spiro atoms. The van der Waals surface area contributed by atoms with Crippen LogP contribution in [0.3, 0.4) is 0 Å². The molecule has 0 unspecified atom stereocenters. The number of fused-ring (bicyclic) bond motifs is 1. The summed E-state index contributed by atoms with van der Waals surface area (Å²) in [6.45, 7) is 2.06. The molecule has 0 N–H and O–H groups in total. The fraction of sp³-hybridized carbons (Fsp3) is 0.222. The van der Waals surface area contributed by atoms with Gasteiger partial charge in [0.15, 0.2) is 0 Å². The zero-order valence-electron chi connectivity index (χ0n) is 8.53. The first-order valence-corrected chi connectivity index (χ1v) is 5.67. The molecule has 0 aromatic carbocycles. The molecular weight excluding hydrogens is 224 g/mol. The smallest absolute Gasteiger partial charge is 0.235 e. The van der Waals surface area contributed by atoms with E-state index >= 15 is 0 Å². The van der Waals surface area contributed by atoms with E-state index in [1.54, 1.807) is 34.4 Å². The minimum Gasteiger partial charge on any atom is -0.261 e. The highest BCUT2D eigenvalue weighted by atomic mass is 32.1. The molecule has 3 aromatic rings. The maximum Gasteiger partial charge on any atom is 0.235 e. The highest BCUT2D eigenvalue weighted by Gasteiger charge is 2.13. The quantitative estimate of drug-likeness (QED) is 0.664. The molecule has 0 atom stereocenters. The van der Waals surface area contributed by atoms with Gasteiger partial charge in [-0.3, -0.25) is 4.98 Å². The molecule has 0 saturated heterocycles. The van der Waals surface area contributed by atoms with E-state index in [-0.39, 0.29) is 0 Å². The van der Waals surface area contributed by atoms with Crippen molar-refractivity contribution >= 4 is 16.3 Å². The monoisotopic (exact) mass is 232 g/mol. The standard InChI is InChI=1S/C9H8N6S/c1-2-7-14-15-8(12-13-9(15)16-7)6-5-10-3-4-11-6/h3-5H,2H2,1H3. The van der Waals surface area contributed by atoms with Crippen LogP contribution in [0.2, 0.25) is 0 Å². The maximum absolute atomic E-state index is 4.41. The summed E-state index contributed by atoms with van der Waals surface area (Å²) in [7, 11) is 0. The van der Waals surface area contributed by atoms with Crippen molar-refractivity contribution in [3.8, 4) is 11.5 Å². The third kappa shape index (κ3) is 1.36. The van der Waals surface area contributed by atoms with Crippen molar-refractivity contribution in [3.63, 3.8) is 0 Å². The van der Waals surface area contributed by atoms with Crippen LogP contribution in [0.4, 0.5) is 0 Å². The van der Waals surface area contributed by atoms with Gasteiger partial charge < -0.3 is 0 Å². The summed E-state index contributed by atoms with van der Waals surface area (Å²) in [5, 5.41) is 13.6. The molecule has 3 aromatic heterocycles. The van der Waals surface area contributed by atoms with E-state index in [0.717, 1.165) is 16.4 Å². The van der Waals surface area contributed by atoms with Crippen LogP contribution >= 0.6 is 11.3 Å². The van der Waals surface area contributed by atoms with E-state index in [1.807, 2.05) is 0 Å². The Labute approximate surface area is 95.0 Å². The summed E-state index contributed by atoms with van der Waals surface area (Å²) in [5.74, 6) is 0.638. The lowest BCUT2D eigenvalue weighted by atomic mass is 10.4. The Bertz CT molecular complexity index is 613. The van der Waals surface area contributed by atoms with Crippen LogP contribution in [0.15, 0.2) is 18.6 Å². The first kappa shape index (κ1) is 9.34. The molecule has 3 rings (SSSR count). The van der Waals surface area contributed by atoms with Crippen molar-refractivity contribution in [1.82, 2.24) is 29.8 Å². The van der Waals surface area contributed by atoms with Gasteiger partial charge in [-0.15, -0.1) is 10.2 Å². The predicted molar refractivity (Wildman–Crippen MR) is 59.1 cm³/mol. The van der Waals surface area contributed by atoms with Crippen LogP contribution in [-0.4, -0.2) is 29.8 Å². The van der Waals surface area contributed by atoms with Crippen molar-refractivity contribution in [2.45, 2.75) is 13.3 Å². The Kier molecular flexibility index (Phi) is 2.10. The van der Waals surface area contributed by atoms with E-state index in [1.165, 1.54) is 0 Å². The molecular formula is C9H8N6S. The zero-order chi connectivity index (χ0) is 11.0. The molecule has 0 saturated carbocycles. The Morgan fingerprint density at radius 3 is 3.00 bits per heavy atom. The molecule has 16 heavy (non-hydrogen) atoms. The SMILES string of the molecule is CCc1nn2c(-c3cnccn3)nnc2s1. The van der Waals surface area contributed by atoms with Gasteiger partial charge in [0.2, 0.25) is 10.8 Å². The van der Waals surface area contributed by atoms with Crippen LogP contribution in [0.5, 0.6) is 0 Å². The van der Waals surface area contributed by atoms with Gasteiger partial charge in [0.05, 0.1) is 6.20 Å². The highest BCUT2D eigenvalue weighted by molar-refractivity contribution is 7.16. The third-order valence-electron chi connectivity index (χ3n) is 2.13. The van der Waals surface area contributed by atoms with Gasteiger partial charge in [-0.05, 0) is 6.42 Å². The number of hydrogen-bond acceptors (Lipinski definition) is 6. The zero-order valence-corrected chi connectivity index (χ0v) is 9.35. The van der Waals surface area contributed by atoms with E-state index in [2.05, 4.69) is 32.2 Å². The Morgan fingerprint density at radius 2 is 2.25 bits per heavy atom. The summed E-state index contributed by atoms with van der Waals surface area (Å²) in [4.78, 5) is 8.98. The molecule has 6 nitrogen and oxygen atoms in total. The Morgan fingerprint density at radius 1 is 1.31 bits per heavy atom. The number of aromatic nitrogens is 6. The molecule has 0 aliphatic rings. The third-order valence-corrected chi connectivity index (χ3v) is 3.17. The topological polar surface area (TPSA) is 68.9 Å². The number of aryl methyl sites for hydroxylation is 1. The van der Waals surface area contributed by atoms with Gasteiger partial charge in [-0.2, -0.15) is 9.61 Å². The van der Waals surface area contributed by atoms with Crippen molar-refractivity contribution in [2.75, 3.05) is 0 Å². The van der Waals surface area contributed by atoms with Gasteiger partial charge >= 0.3 is 0 Å². The lowest BCUT2D eigenvalue weighted by molar-refractivity contribution is 0.901. The van der Waals surface area contributed by atoms with E-state index < -0.39 is 0 Å². The van der Waals surface area contributed by atoms with Crippen LogP contribution in [0, 0.1) is 0 Å². The van der Waals surface area contributed by atoms with Crippen molar-refractivity contribution in [2.24, 2.45) is 0 Å². The van der Waals surface area contributed by atoms with Crippen molar-refractivity contribution in [1.29, 1.82) is 0 Å². The molecule has 0 bridgehead atoms. The summed E-state index contributed by atoms with van der Waals surface area (Å²) >= 11 is 1.54. The second-order valence-corrected chi connectivity index (χ2v) is 4.20. The van der Waals surface area contributed by atoms with Crippen molar-refractivity contribution in [3.05, 3.63) is 23.6 Å². The van der Waals surface area contributed by atoms with E-state index in [4.69, 9.17) is 0 Å². The normalized spacial score (nSPS) is 11.1. The second-order valence-electron chi connectivity index (χ2n) is 3.16. The van der Waals surface area contributed by atoms with E-state index in [0.29, 0.717) is 11.5 Å². The Balaban J connectivity index is 2.20. The lowest BCUT2D eigenvalue weighted by Gasteiger charge is -1.93. The first-order valence-electron chi connectivity index (χ1n) is 4.86. The van der Waals surface area contributed by atoms with Crippen molar-refractivity contribution < 1.29 is 0 Å². The Hall–Kier alpha value is -1.89. The summed E-state index contributed by atoms with van der Waals surface area (Å²) in [5.41, 5.74) is 0.683. The molecule has 7 heteroatoms. The largest absolute Gasteiger partial charge is 0.261 e. The minimum absolute atomic E-state index is 0.638. The van der Waals surface area contributed by atoms with Crippen LogP contribution in [-0.2, 0) is 6.42 Å². The molecule has 80 valence electrons. The fourth-order valence-corrected chi connectivity index (χ4v) is 2.15. The average Bonchev–Trinajstić information content (AvgIpc) is 2.88. The van der Waals surface area contributed by atoms with Gasteiger partial charge in [0, 0.05) is 12.4 Å². The first-order chi connectivity index (χ1) is 7.88. The van der Waals surface area contributed by atoms with Gasteiger partial charge in [-0.1, -0.05) is 18.3 Å². The summed E-state index contributed by atoms with van der Waals surface area (Å²) < 4.78 is 1.72. The number of rotatable bonds is 2. The van der Waals surface area contributed by atoms with E-state index in [9.17, 15) is 0 Å². The molecule has 3 heterocycles. The molecule has 0 aliphatic heterocycles. The molecule has 0 fully saturated rings.